The topological polar surface area (TPSA) is 78.9 Å². The molecule has 0 rings (SSSR count). The Balaban J connectivity index is 4.32. The van der Waals surface area contributed by atoms with Crippen molar-refractivity contribution in [2.45, 2.75) is 317 Å². The Morgan fingerprint density at radius 2 is 0.613 bits per heavy atom. The van der Waals surface area contributed by atoms with Crippen molar-refractivity contribution < 1.29 is 28.6 Å². The number of hydrogen-bond donors (Lipinski definition) is 0. The molecule has 0 saturated carbocycles. The summed E-state index contributed by atoms with van der Waals surface area (Å²) >= 11 is 0. The molecule has 0 aliphatic carbocycles. The first-order valence-corrected chi connectivity index (χ1v) is 27.8. The van der Waals surface area contributed by atoms with Gasteiger partial charge in [-0.15, -0.1) is 0 Å². The van der Waals surface area contributed by atoms with Crippen LogP contribution in [0.5, 0.6) is 0 Å². The average molecular weight is 877 g/mol. The van der Waals surface area contributed by atoms with E-state index in [1.165, 1.54) is 199 Å². The van der Waals surface area contributed by atoms with E-state index in [4.69, 9.17) is 14.2 Å². The lowest BCUT2D eigenvalue weighted by atomic mass is 9.99. The normalized spacial score (nSPS) is 12.5. The van der Waals surface area contributed by atoms with E-state index in [9.17, 15) is 14.4 Å². The average Bonchev–Trinajstić information content (AvgIpc) is 3.26. The van der Waals surface area contributed by atoms with Gasteiger partial charge in [-0.3, -0.25) is 14.4 Å². The molecule has 0 bridgehead atoms. The molecule has 1 unspecified atom stereocenters. The maximum Gasteiger partial charge on any atom is 0.306 e. The van der Waals surface area contributed by atoms with Crippen LogP contribution in [0.3, 0.4) is 0 Å². The van der Waals surface area contributed by atoms with Crippen LogP contribution in [0.1, 0.15) is 311 Å². The number of esters is 3. The summed E-state index contributed by atoms with van der Waals surface area (Å²) < 4.78 is 16.9. The van der Waals surface area contributed by atoms with Gasteiger partial charge in [0, 0.05) is 19.3 Å². The Bertz CT molecular complexity index is 949. The monoisotopic (exact) mass is 877 g/mol. The van der Waals surface area contributed by atoms with Crippen LogP contribution in [-0.4, -0.2) is 37.2 Å². The van der Waals surface area contributed by atoms with Crippen molar-refractivity contribution in [1.82, 2.24) is 0 Å². The summed E-state index contributed by atoms with van der Waals surface area (Å²) in [5, 5.41) is 0. The molecule has 0 aromatic carbocycles. The third-order valence-electron chi connectivity index (χ3n) is 13.1. The van der Waals surface area contributed by atoms with Crippen LogP contribution in [-0.2, 0) is 28.6 Å². The quantitative estimate of drug-likeness (QED) is 0.0344. The number of carbonyl (C=O) groups is 3. The van der Waals surface area contributed by atoms with Gasteiger partial charge < -0.3 is 14.2 Å². The van der Waals surface area contributed by atoms with Crippen molar-refractivity contribution in [3.63, 3.8) is 0 Å². The van der Waals surface area contributed by atoms with Crippen molar-refractivity contribution in [2.75, 3.05) is 13.2 Å². The summed E-state index contributed by atoms with van der Waals surface area (Å²) in [6.07, 6.45) is 50.8. The third kappa shape index (κ3) is 47.9. The minimum absolute atomic E-state index is 0.0630. The summed E-state index contributed by atoms with van der Waals surface area (Å²) in [5.74, 6) is 0.865. The molecule has 0 fully saturated rings. The van der Waals surface area contributed by atoms with Crippen LogP contribution in [0.15, 0.2) is 0 Å². The Morgan fingerprint density at radius 3 is 0.919 bits per heavy atom. The highest BCUT2D eigenvalue weighted by atomic mass is 16.6. The fourth-order valence-electron chi connectivity index (χ4n) is 8.49. The first kappa shape index (κ1) is 60.4. The molecule has 0 heterocycles. The molecule has 0 amide bonds. The van der Waals surface area contributed by atoms with E-state index in [-0.39, 0.29) is 31.1 Å². The van der Waals surface area contributed by atoms with E-state index in [0.717, 1.165) is 69.6 Å². The molecule has 0 spiro atoms. The summed E-state index contributed by atoms with van der Waals surface area (Å²) in [5.41, 5.74) is 0. The maximum absolute atomic E-state index is 12.8. The SMILES string of the molecule is CCCCCCCCCCCCCCCCC(=O)OC[C@H](COC(=O)CCCCCCCCCCCCC(C)CC)OC(=O)CCCCCCCCCCCCCCCC(C)C. The van der Waals surface area contributed by atoms with E-state index in [0.29, 0.717) is 19.3 Å². The van der Waals surface area contributed by atoms with Gasteiger partial charge in [-0.1, -0.05) is 272 Å². The van der Waals surface area contributed by atoms with Gasteiger partial charge >= 0.3 is 17.9 Å². The van der Waals surface area contributed by atoms with Crippen molar-refractivity contribution in [2.24, 2.45) is 11.8 Å². The highest BCUT2D eigenvalue weighted by Gasteiger charge is 2.19. The zero-order chi connectivity index (χ0) is 45.4. The predicted molar refractivity (Wildman–Crippen MR) is 266 cm³/mol. The Hall–Kier alpha value is -1.59. The first-order valence-electron chi connectivity index (χ1n) is 27.8. The molecule has 62 heavy (non-hydrogen) atoms. The second-order valence-electron chi connectivity index (χ2n) is 19.9. The molecule has 0 aromatic rings. The lowest BCUT2D eigenvalue weighted by Crippen LogP contribution is -2.30. The van der Waals surface area contributed by atoms with Gasteiger partial charge in [-0.25, -0.2) is 0 Å². The summed E-state index contributed by atoms with van der Waals surface area (Å²) in [6, 6.07) is 0. The van der Waals surface area contributed by atoms with Gasteiger partial charge in [0.25, 0.3) is 0 Å². The highest BCUT2D eigenvalue weighted by molar-refractivity contribution is 5.71. The Labute approximate surface area is 387 Å². The zero-order valence-corrected chi connectivity index (χ0v) is 42.5. The van der Waals surface area contributed by atoms with E-state index < -0.39 is 6.10 Å². The molecular formula is C56H108O6. The van der Waals surface area contributed by atoms with Crippen LogP contribution >= 0.6 is 0 Å². The second-order valence-corrected chi connectivity index (χ2v) is 19.9. The fraction of sp³-hybridized carbons (Fsp3) is 0.946. The predicted octanol–water partition coefficient (Wildman–Crippen LogP) is 18.1. The molecule has 6 heteroatoms. The highest BCUT2D eigenvalue weighted by Crippen LogP contribution is 2.18. The van der Waals surface area contributed by atoms with Crippen LogP contribution in [0.2, 0.25) is 0 Å². The minimum Gasteiger partial charge on any atom is -0.462 e. The fourth-order valence-corrected chi connectivity index (χ4v) is 8.49. The van der Waals surface area contributed by atoms with E-state index in [1.54, 1.807) is 0 Å². The summed E-state index contributed by atoms with van der Waals surface area (Å²) in [4.78, 5) is 38.1. The molecule has 0 saturated heterocycles. The first-order chi connectivity index (χ1) is 30.3. The molecule has 0 radical (unpaired) electrons. The van der Waals surface area contributed by atoms with Crippen LogP contribution < -0.4 is 0 Å². The van der Waals surface area contributed by atoms with Crippen molar-refractivity contribution in [3.8, 4) is 0 Å². The van der Waals surface area contributed by atoms with Crippen molar-refractivity contribution in [3.05, 3.63) is 0 Å². The molecule has 368 valence electrons. The zero-order valence-electron chi connectivity index (χ0n) is 42.5. The van der Waals surface area contributed by atoms with Gasteiger partial charge in [0.1, 0.15) is 13.2 Å². The smallest absolute Gasteiger partial charge is 0.306 e. The molecule has 6 nitrogen and oxygen atoms in total. The lowest BCUT2D eigenvalue weighted by Gasteiger charge is -2.18. The lowest BCUT2D eigenvalue weighted by molar-refractivity contribution is -0.167. The van der Waals surface area contributed by atoms with E-state index in [1.807, 2.05) is 0 Å². The van der Waals surface area contributed by atoms with Gasteiger partial charge in [-0.2, -0.15) is 0 Å². The number of rotatable bonds is 50. The van der Waals surface area contributed by atoms with E-state index >= 15 is 0 Å². The number of carbonyl (C=O) groups excluding carboxylic acids is 3. The van der Waals surface area contributed by atoms with Crippen LogP contribution in [0.25, 0.3) is 0 Å². The molecular weight excluding hydrogens is 769 g/mol. The molecule has 0 aliphatic rings. The van der Waals surface area contributed by atoms with Gasteiger partial charge in [0.05, 0.1) is 0 Å². The Kier molecular flexibility index (Phi) is 47.6. The third-order valence-corrected chi connectivity index (χ3v) is 13.1. The number of ether oxygens (including phenoxy) is 3. The van der Waals surface area contributed by atoms with Gasteiger partial charge in [-0.05, 0) is 31.1 Å². The van der Waals surface area contributed by atoms with Crippen LogP contribution in [0, 0.1) is 11.8 Å². The van der Waals surface area contributed by atoms with Crippen molar-refractivity contribution in [1.29, 1.82) is 0 Å². The van der Waals surface area contributed by atoms with Crippen LogP contribution in [0.4, 0.5) is 0 Å². The maximum atomic E-state index is 12.8. The van der Waals surface area contributed by atoms with Gasteiger partial charge in [0.15, 0.2) is 6.10 Å². The molecule has 0 N–H and O–H groups in total. The minimum atomic E-state index is -0.762. The van der Waals surface area contributed by atoms with Gasteiger partial charge in [0.2, 0.25) is 0 Å². The summed E-state index contributed by atoms with van der Waals surface area (Å²) in [6.45, 7) is 11.4. The number of unbranched alkanes of at least 4 members (excludes halogenated alkanes) is 34. The Morgan fingerprint density at radius 1 is 0.339 bits per heavy atom. The standard InChI is InChI=1S/C56H108O6/c1-6-8-9-10-11-12-13-14-17-20-26-31-36-41-46-54(57)60-49-53(50-61-55(58)47-42-37-32-27-23-22-25-30-35-40-45-52(5)7-2)62-56(59)48-43-38-33-28-21-18-15-16-19-24-29-34-39-44-51(3)4/h51-53H,6-50H2,1-5H3/t52?,53-/m1/s1. The summed E-state index contributed by atoms with van der Waals surface area (Å²) in [7, 11) is 0. The number of hydrogen-bond acceptors (Lipinski definition) is 6. The van der Waals surface area contributed by atoms with E-state index in [2.05, 4.69) is 34.6 Å². The molecule has 0 aliphatic heterocycles. The largest absolute Gasteiger partial charge is 0.462 e. The molecule has 2 atom stereocenters. The second kappa shape index (κ2) is 48.9. The van der Waals surface area contributed by atoms with Crippen molar-refractivity contribution >= 4 is 17.9 Å². The molecule has 0 aromatic heterocycles.